The SMILES string of the molecule is CC.CC.CC1CCS(=NC2CC2)CC1. The third-order valence-electron chi connectivity index (χ3n) is 2.54. The van der Waals surface area contributed by atoms with E-state index in [1.165, 1.54) is 37.2 Å². The van der Waals surface area contributed by atoms with Gasteiger partial charge >= 0.3 is 0 Å². The zero-order valence-corrected chi connectivity index (χ0v) is 12.1. The zero-order chi connectivity index (χ0) is 11.7. The Morgan fingerprint density at radius 1 is 0.867 bits per heavy atom. The van der Waals surface area contributed by atoms with Crippen molar-refractivity contribution in [1.29, 1.82) is 0 Å². The van der Waals surface area contributed by atoms with Crippen molar-refractivity contribution in [2.24, 2.45) is 10.3 Å². The summed E-state index contributed by atoms with van der Waals surface area (Å²) in [6.45, 7) is 10.4. The van der Waals surface area contributed by atoms with E-state index in [0.717, 1.165) is 12.0 Å². The van der Waals surface area contributed by atoms with Crippen LogP contribution in [0.5, 0.6) is 0 Å². The molecule has 0 atom stereocenters. The fourth-order valence-electron chi connectivity index (χ4n) is 1.42. The maximum atomic E-state index is 4.81. The molecule has 1 aliphatic heterocycles. The van der Waals surface area contributed by atoms with Crippen LogP contribution in [0.3, 0.4) is 0 Å². The molecule has 0 amide bonds. The number of rotatable bonds is 1. The van der Waals surface area contributed by atoms with Gasteiger partial charge in [0.25, 0.3) is 0 Å². The molecule has 2 heteroatoms. The molecule has 0 N–H and O–H groups in total. The van der Waals surface area contributed by atoms with Gasteiger partial charge in [-0.25, -0.2) is 0 Å². The summed E-state index contributed by atoms with van der Waals surface area (Å²) in [5.74, 6) is 3.78. The molecule has 1 heterocycles. The fraction of sp³-hybridized carbons (Fsp3) is 1.00. The molecule has 0 spiro atoms. The molecule has 0 aromatic heterocycles. The highest BCUT2D eigenvalue weighted by atomic mass is 32.2. The van der Waals surface area contributed by atoms with Crippen LogP contribution >= 0.6 is 0 Å². The summed E-state index contributed by atoms with van der Waals surface area (Å²) < 4.78 is 4.81. The van der Waals surface area contributed by atoms with Crippen molar-refractivity contribution >= 4 is 10.7 Å². The molecule has 15 heavy (non-hydrogen) atoms. The third kappa shape index (κ3) is 7.10. The first-order valence-corrected chi connectivity index (χ1v) is 8.25. The highest BCUT2D eigenvalue weighted by Gasteiger charge is 2.22. The Kier molecular flexibility index (Phi) is 9.48. The quantitative estimate of drug-likeness (QED) is 0.633. The first-order chi connectivity index (χ1) is 7.34. The predicted octanol–water partition coefficient (Wildman–Crippen LogP) is 4.43. The van der Waals surface area contributed by atoms with Crippen LogP contribution < -0.4 is 0 Å². The standard InChI is InChI=1S/C9H17NS.2C2H6/c1-8-4-6-11(7-5-8)10-9-2-3-9;2*1-2/h8-9H,2-7H2,1H3;2*1-2H3. The Morgan fingerprint density at radius 3 is 1.73 bits per heavy atom. The van der Waals surface area contributed by atoms with E-state index in [4.69, 9.17) is 4.36 Å². The van der Waals surface area contributed by atoms with Crippen LogP contribution in [0, 0.1) is 5.92 Å². The molecule has 0 radical (unpaired) electrons. The van der Waals surface area contributed by atoms with Gasteiger partial charge in [-0.05, 0) is 31.6 Å². The largest absolute Gasteiger partial charge is 0.261 e. The van der Waals surface area contributed by atoms with Crippen molar-refractivity contribution in [3.05, 3.63) is 0 Å². The maximum Gasteiger partial charge on any atom is 0.0569 e. The highest BCUT2D eigenvalue weighted by Crippen LogP contribution is 2.26. The van der Waals surface area contributed by atoms with Crippen LogP contribution in [0.25, 0.3) is 0 Å². The van der Waals surface area contributed by atoms with E-state index in [-0.39, 0.29) is 0 Å². The lowest BCUT2D eigenvalue weighted by molar-refractivity contribution is 0.538. The Morgan fingerprint density at radius 2 is 1.33 bits per heavy atom. The van der Waals surface area contributed by atoms with Gasteiger partial charge in [0.1, 0.15) is 0 Å². The van der Waals surface area contributed by atoms with E-state index in [9.17, 15) is 0 Å². The van der Waals surface area contributed by atoms with Crippen LogP contribution in [0.1, 0.15) is 60.3 Å². The maximum absolute atomic E-state index is 4.81. The molecule has 2 aliphatic rings. The molecule has 0 bridgehead atoms. The zero-order valence-electron chi connectivity index (χ0n) is 11.3. The van der Waals surface area contributed by atoms with Gasteiger partial charge in [-0.2, -0.15) is 0 Å². The van der Waals surface area contributed by atoms with Gasteiger partial charge in [-0.15, -0.1) is 10.7 Å². The Hall–Kier alpha value is 0.150. The average Bonchev–Trinajstić information content (AvgIpc) is 3.11. The molecule has 2 fully saturated rings. The van der Waals surface area contributed by atoms with E-state index in [1.807, 2.05) is 27.7 Å². The molecular weight excluding hydrogens is 202 g/mol. The molecule has 2 rings (SSSR count). The minimum absolute atomic E-state index is 0.492. The van der Waals surface area contributed by atoms with Gasteiger partial charge in [0, 0.05) is 11.5 Å². The first-order valence-electron chi connectivity index (χ1n) is 6.73. The molecule has 1 saturated carbocycles. The minimum atomic E-state index is 0.492. The second-order valence-corrected chi connectivity index (χ2v) is 5.84. The Labute approximate surface area is 99.1 Å². The predicted molar refractivity (Wildman–Crippen MR) is 73.6 cm³/mol. The lowest BCUT2D eigenvalue weighted by Gasteiger charge is -2.19. The molecule has 92 valence electrons. The van der Waals surface area contributed by atoms with Crippen LogP contribution in [0.2, 0.25) is 0 Å². The van der Waals surface area contributed by atoms with Gasteiger partial charge in [0.15, 0.2) is 0 Å². The molecule has 1 saturated heterocycles. The Bertz CT molecular complexity index is 163. The van der Waals surface area contributed by atoms with E-state index in [1.54, 1.807) is 0 Å². The van der Waals surface area contributed by atoms with Gasteiger partial charge in [0.05, 0.1) is 6.04 Å². The number of hydrogen-bond donors (Lipinski definition) is 0. The van der Waals surface area contributed by atoms with Crippen molar-refractivity contribution in [1.82, 2.24) is 0 Å². The van der Waals surface area contributed by atoms with E-state index in [0.29, 0.717) is 10.7 Å². The lowest BCUT2D eigenvalue weighted by Crippen LogP contribution is -2.16. The summed E-state index contributed by atoms with van der Waals surface area (Å²) >= 11 is 0. The van der Waals surface area contributed by atoms with Crippen LogP contribution in [-0.4, -0.2) is 17.5 Å². The third-order valence-corrected chi connectivity index (χ3v) is 4.55. The van der Waals surface area contributed by atoms with Crippen molar-refractivity contribution in [2.75, 3.05) is 11.5 Å². The molecule has 0 aromatic carbocycles. The fourth-order valence-corrected chi connectivity index (χ4v) is 3.81. The normalized spacial score (nSPS) is 29.1. The van der Waals surface area contributed by atoms with Crippen LogP contribution in [0.15, 0.2) is 4.36 Å². The molecule has 1 aliphatic carbocycles. The summed E-state index contributed by atoms with van der Waals surface area (Å²) in [6.07, 6.45) is 5.64. The highest BCUT2D eigenvalue weighted by molar-refractivity contribution is 7.87. The van der Waals surface area contributed by atoms with E-state index < -0.39 is 0 Å². The van der Waals surface area contributed by atoms with Crippen molar-refractivity contribution in [3.8, 4) is 0 Å². The Balaban J connectivity index is 0.000000442. The summed E-state index contributed by atoms with van der Waals surface area (Å²) in [6, 6.07) is 0.798. The van der Waals surface area contributed by atoms with Gasteiger partial charge in [-0.1, -0.05) is 34.6 Å². The summed E-state index contributed by atoms with van der Waals surface area (Å²) in [7, 11) is 0.492. The molecule has 1 nitrogen and oxygen atoms in total. The second kappa shape index (κ2) is 9.38. The molecule has 0 aromatic rings. The van der Waals surface area contributed by atoms with Gasteiger partial charge < -0.3 is 0 Å². The lowest BCUT2D eigenvalue weighted by atomic mass is 10.1. The van der Waals surface area contributed by atoms with Crippen molar-refractivity contribution < 1.29 is 0 Å². The summed E-state index contributed by atoms with van der Waals surface area (Å²) in [5, 5.41) is 0. The summed E-state index contributed by atoms with van der Waals surface area (Å²) in [5.41, 5.74) is 0. The van der Waals surface area contributed by atoms with Crippen LogP contribution in [-0.2, 0) is 10.7 Å². The molecule has 0 unspecified atom stereocenters. The van der Waals surface area contributed by atoms with E-state index >= 15 is 0 Å². The number of nitrogens with zero attached hydrogens (tertiary/aromatic N) is 1. The monoisotopic (exact) mass is 231 g/mol. The second-order valence-electron chi connectivity index (χ2n) is 3.89. The topological polar surface area (TPSA) is 12.4 Å². The first kappa shape index (κ1) is 15.2. The van der Waals surface area contributed by atoms with Crippen molar-refractivity contribution in [2.45, 2.75) is 66.3 Å². The van der Waals surface area contributed by atoms with Gasteiger partial charge in [-0.3, -0.25) is 4.36 Å². The number of hydrogen-bond acceptors (Lipinski definition) is 1. The van der Waals surface area contributed by atoms with Crippen LogP contribution in [0.4, 0.5) is 0 Å². The van der Waals surface area contributed by atoms with Crippen molar-refractivity contribution in [3.63, 3.8) is 0 Å². The van der Waals surface area contributed by atoms with E-state index in [2.05, 4.69) is 6.92 Å². The average molecular weight is 231 g/mol. The van der Waals surface area contributed by atoms with Gasteiger partial charge in [0.2, 0.25) is 0 Å². The molecular formula is C13H29NS. The minimum Gasteiger partial charge on any atom is -0.261 e. The summed E-state index contributed by atoms with van der Waals surface area (Å²) in [4.78, 5) is 0. The smallest absolute Gasteiger partial charge is 0.0569 e.